The zero-order valence-corrected chi connectivity index (χ0v) is 25.6. The van der Waals surface area contributed by atoms with Gasteiger partial charge in [0.05, 0.1) is 46.9 Å². The van der Waals surface area contributed by atoms with Crippen molar-refractivity contribution in [3.8, 4) is 0 Å². The number of rotatable bonds is 6. The number of hydrogen-bond acceptors (Lipinski definition) is 21. The molecule has 31 heteroatoms. The minimum absolute atomic E-state index is 0. The van der Waals surface area contributed by atoms with Crippen molar-refractivity contribution in [3.05, 3.63) is 0 Å². The maximum absolute atomic E-state index is 9.32. The Kier molecular flexibility index (Phi) is 37.0. The van der Waals surface area contributed by atoms with Gasteiger partial charge in [0.1, 0.15) is 0 Å². The van der Waals surface area contributed by atoms with Gasteiger partial charge in [0.15, 0.2) is 0 Å². The van der Waals surface area contributed by atoms with Gasteiger partial charge in [0.25, 0.3) is 0 Å². The molecule has 0 aliphatic carbocycles. The normalized spacial score (nSPS) is 12.0. The van der Waals surface area contributed by atoms with Gasteiger partial charge in [-0.05, 0) is 0 Å². The molecule has 0 aromatic carbocycles. The van der Waals surface area contributed by atoms with E-state index in [9.17, 15) is 86.1 Å². The molecule has 0 aliphatic heterocycles. The Bertz CT molecular complexity index is 559. The zero-order chi connectivity index (χ0) is 23.1. The first-order chi connectivity index (χ1) is 11.1. The molecule has 0 amide bonds. The Balaban J connectivity index is -0.0000000524. The molecule has 0 fully saturated rings. The van der Waals surface area contributed by atoms with Crippen molar-refractivity contribution in [2.45, 2.75) is 0 Å². The molecule has 0 N–H and O–H groups in total. The summed E-state index contributed by atoms with van der Waals surface area (Å²) in [4.78, 5) is 112. The van der Waals surface area contributed by atoms with E-state index in [2.05, 4.69) is 12.9 Å². The molecule has 0 aliphatic rings. The minimum atomic E-state index is -5.68. The summed E-state index contributed by atoms with van der Waals surface area (Å²) in [6.45, 7) is 0. The summed E-state index contributed by atoms with van der Waals surface area (Å²) in [6, 6.07) is 0. The topological polar surface area (TPSA) is 407 Å². The fourth-order valence-electron chi connectivity index (χ4n) is 0.367. The average Bonchev–Trinajstić information content (AvgIpc) is 1.96. The molecule has 0 aromatic rings. The summed E-state index contributed by atoms with van der Waals surface area (Å²) in [5, 5.41) is 0. The maximum atomic E-state index is 9.32. The van der Waals surface area contributed by atoms with Gasteiger partial charge in [-0.25, -0.2) is 0 Å². The molecular weight excluding hydrogens is 1180 g/mol. The predicted octanol–water partition coefficient (Wildman–Crippen LogP) is -10.0. The van der Waals surface area contributed by atoms with Gasteiger partial charge in [-0.1, -0.05) is 0 Å². The van der Waals surface area contributed by atoms with E-state index in [1.165, 1.54) is 0 Å². The Hall–Kier alpha value is 5.82. The van der Waals surface area contributed by atoms with Gasteiger partial charge in [0.2, 0.25) is 0 Å². The first-order valence-electron chi connectivity index (χ1n) is 4.38. The van der Waals surface area contributed by atoms with E-state index in [1.807, 2.05) is 0 Å². The standard InChI is InChI=1S/4Ho.3H4O7P2/c;;;;3*1-8(2,3)7-9(4,5)6/h;;;;3*(H2,1,2,3)(H2,4,5,6)/q4*+3;;;/p-12. The van der Waals surface area contributed by atoms with Crippen molar-refractivity contribution in [1.82, 2.24) is 0 Å². The molecule has 0 saturated heterocycles. The van der Waals surface area contributed by atoms with E-state index in [1.54, 1.807) is 0 Å². The second-order valence-electron chi connectivity index (χ2n) is 2.93. The van der Waals surface area contributed by atoms with Crippen LogP contribution in [0.25, 0.3) is 0 Å². The van der Waals surface area contributed by atoms with Crippen molar-refractivity contribution in [2.75, 3.05) is 0 Å². The van der Waals surface area contributed by atoms with Crippen LogP contribution in [0.2, 0.25) is 0 Å². The summed E-state index contributed by atoms with van der Waals surface area (Å²) in [6.07, 6.45) is 0. The Morgan fingerprint density at radius 1 is 0.290 bits per heavy atom. The Labute approximate surface area is 291 Å². The van der Waals surface area contributed by atoms with Crippen LogP contribution in [0.5, 0.6) is 0 Å². The van der Waals surface area contributed by atoms with Gasteiger partial charge in [0, 0.05) is 0 Å². The van der Waals surface area contributed by atoms with Crippen molar-refractivity contribution >= 4 is 46.9 Å². The third-order valence-electron chi connectivity index (χ3n) is 0.600. The third-order valence-corrected chi connectivity index (χ3v) is 5.40. The van der Waals surface area contributed by atoms with Crippen LogP contribution in [0.15, 0.2) is 0 Å². The summed E-state index contributed by atoms with van der Waals surface area (Å²) in [5.41, 5.74) is 0. The van der Waals surface area contributed by atoms with E-state index >= 15 is 0 Å². The molecule has 0 atom stereocenters. The summed E-state index contributed by atoms with van der Waals surface area (Å²) in [5.74, 6) is 0. The molecule has 0 saturated carbocycles. The van der Waals surface area contributed by atoms with Gasteiger partial charge >= 0.3 is 151 Å². The molecule has 21 nitrogen and oxygen atoms in total. The monoisotopic (exact) mass is 1180 g/mol. The minimum Gasteiger partial charge on any atom is -0.790 e. The van der Waals surface area contributed by atoms with Gasteiger partial charge in [-0.2, -0.15) is 0 Å². The quantitative estimate of drug-likeness (QED) is 0.176. The maximum Gasteiger partial charge on any atom is 3.00 e. The van der Waals surface area contributed by atoms with E-state index in [4.69, 9.17) is 0 Å². The molecule has 0 heterocycles. The van der Waals surface area contributed by atoms with Crippen molar-refractivity contribution in [1.29, 1.82) is 0 Å². The van der Waals surface area contributed by atoms with Crippen LogP contribution in [-0.4, -0.2) is 0 Å². The Morgan fingerprint density at radius 2 is 0.355 bits per heavy atom. The summed E-state index contributed by atoms with van der Waals surface area (Å²) >= 11 is 0. The molecule has 0 aromatic heterocycles. The predicted molar refractivity (Wildman–Crippen MR) is 48.9 cm³/mol. The number of hydrogen-bond donors (Lipinski definition) is 0. The fourth-order valence-corrected chi connectivity index (χ4v) is 3.31. The molecule has 31 heavy (non-hydrogen) atoms. The van der Waals surface area contributed by atoms with Crippen LogP contribution in [-0.2, 0) is 40.3 Å². The Morgan fingerprint density at radius 3 is 0.355 bits per heavy atom. The molecule has 0 radical (unpaired) electrons. The molecule has 200 valence electrons. The second-order valence-corrected chi connectivity index (χ2v) is 10.3. The first kappa shape index (κ1) is 53.1. The SMILES string of the molecule is O=P([O-])([O-])OP(=O)([O-])[O-].O=P([O-])([O-])OP(=O)([O-])[O-].O=P([O-])([O-])OP(=O)([O-])[O-].[Ho+3].[Ho+3].[Ho+3].[Ho+3]. The zero-order valence-electron chi connectivity index (χ0n) is 12.5. The smallest absolute Gasteiger partial charge is 0.790 e. The summed E-state index contributed by atoms with van der Waals surface area (Å²) in [7, 11) is -34.1. The van der Waals surface area contributed by atoms with Crippen molar-refractivity contribution < 1.29 is 250 Å². The molecule has 0 bridgehead atoms. The average molecular weight is 1180 g/mol. The van der Waals surface area contributed by atoms with E-state index < -0.39 is 46.9 Å². The van der Waals surface area contributed by atoms with Crippen LogP contribution in [0, 0.1) is 151 Å². The molecule has 0 rings (SSSR count). The first-order valence-corrected chi connectivity index (χ1v) is 13.1. The van der Waals surface area contributed by atoms with Gasteiger partial charge in [-0.3, -0.25) is 0 Å². The third kappa shape index (κ3) is 72.2. The van der Waals surface area contributed by atoms with E-state index in [-0.39, 0.29) is 151 Å². The van der Waals surface area contributed by atoms with Crippen LogP contribution < -0.4 is 58.7 Å². The van der Waals surface area contributed by atoms with E-state index in [0.29, 0.717) is 0 Å². The molecule has 0 spiro atoms. The molecule has 0 unspecified atom stereocenters. The largest absolute Gasteiger partial charge is 3.00 e. The number of phosphoric acid groups is 6. The second kappa shape index (κ2) is 21.6. The molecular formula is Ho4O21P6. The van der Waals surface area contributed by atoms with Gasteiger partial charge < -0.3 is 99.0 Å². The van der Waals surface area contributed by atoms with Gasteiger partial charge in [-0.15, -0.1) is 0 Å². The summed E-state index contributed by atoms with van der Waals surface area (Å²) < 4.78 is 63.5. The van der Waals surface area contributed by atoms with Crippen molar-refractivity contribution in [2.24, 2.45) is 0 Å². The van der Waals surface area contributed by atoms with Crippen LogP contribution in [0.4, 0.5) is 0 Å². The van der Waals surface area contributed by atoms with Crippen LogP contribution in [0.1, 0.15) is 0 Å². The van der Waals surface area contributed by atoms with Crippen LogP contribution in [0.3, 0.4) is 0 Å². The fraction of sp³-hybridized carbons (Fsp3) is 0. The van der Waals surface area contributed by atoms with E-state index in [0.717, 1.165) is 0 Å². The van der Waals surface area contributed by atoms with Crippen LogP contribution >= 0.6 is 46.9 Å². The van der Waals surface area contributed by atoms with Crippen molar-refractivity contribution in [3.63, 3.8) is 0 Å².